The van der Waals surface area contributed by atoms with Gasteiger partial charge < -0.3 is 15.2 Å². The van der Waals surface area contributed by atoms with Gasteiger partial charge in [0, 0.05) is 38.2 Å². The van der Waals surface area contributed by atoms with Crippen LogP contribution in [0.2, 0.25) is 0 Å². The summed E-state index contributed by atoms with van der Waals surface area (Å²) >= 11 is 0. The summed E-state index contributed by atoms with van der Waals surface area (Å²) in [4.78, 5) is 4.63. The Morgan fingerprint density at radius 3 is 3.17 bits per heavy atom. The lowest BCUT2D eigenvalue weighted by molar-refractivity contribution is 0.389. The lowest BCUT2D eigenvalue weighted by Gasteiger charge is -2.25. The van der Waals surface area contributed by atoms with Crippen molar-refractivity contribution in [3.05, 3.63) is 42.4 Å². The van der Waals surface area contributed by atoms with Crippen molar-refractivity contribution in [2.45, 2.75) is 26.4 Å². The molecule has 6 heteroatoms. The van der Waals surface area contributed by atoms with E-state index >= 15 is 0 Å². The molecule has 0 saturated heterocycles. The molecule has 1 aliphatic heterocycles. The molecule has 0 fully saturated rings. The topological polar surface area (TPSA) is 59.7 Å². The summed E-state index contributed by atoms with van der Waals surface area (Å²) in [5.41, 5.74) is 2.32. The normalized spacial score (nSPS) is 17.0. The predicted molar refractivity (Wildman–Crippen MR) is 96.2 cm³/mol. The number of fused-ring (bicyclic) bond motifs is 2. The minimum absolute atomic E-state index is 0.591. The van der Waals surface area contributed by atoms with E-state index in [-0.39, 0.29) is 0 Å². The third kappa shape index (κ3) is 3.01. The molecule has 1 aromatic carbocycles. The Morgan fingerprint density at radius 1 is 1.29 bits per heavy atom. The van der Waals surface area contributed by atoms with Gasteiger partial charge in [-0.3, -0.25) is 0 Å². The molecule has 0 bridgehead atoms. The zero-order chi connectivity index (χ0) is 16.4. The maximum absolute atomic E-state index is 4.63. The number of aryl methyl sites for hydroxylation is 2. The van der Waals surface area contributed by atoms with Gasteiger partial charge in [-0.15, -0.1) is 0 Å². The standard InChI is InChI=1S/C18H24N6/c1-14-22-16-5-2-3-6-17(16)23(14)10-4-8-19-11-15-12-20-18-7-9-21-24(18)13-15/h2-3,5-7,9,15,19-20H,4,8,10-13H2,1H3. The van der Waals surface area contributed by atoms with Crippen LogP contribution in [0.15, 0.2) is 36.5 Å². The summed E-state index contributed by atoms with van der Waals surface area (Å²) in [6, 6.07) is 10.4. The smallest absolute Gasteiger partial charge is 0.124 e. The summed E-state index contributed by atoms with van der Waals surface area (Å²) in [5, 5.41) is 11.4. The molecule has 2 aromatic heterocycles. The molecule has 4 rings (SSSR count). The van der Waals surface area contributed by atoms with Crippen molar-refractivity contribution < 1.29 is 0 Å². The first-order valence-electron chi connectivity index (χ1n) is 8.69. The maximum Gasteiger partial charge on any atom is 0.124 e. The number of para-hydroxylation sites is 2. The van der Waals surface area contributed by atoms with Crippen LogP contribution in [0.5, 0.6) is 0 Å². The lowest BCUT2D eigenvalue weighted by Crippen LogP contribution is -2.35. The van der Waals surface area contributed by atoms with E-state index in [1.807, 2.05) is 18.3 Å². The number of nitrogens with zero attached hydrogens (tertiary/aromatic N) is 4. The van der Waals surface area contributed by atoms with Gasteiger partial charge in [0.15, 0.2) is 0 Å². The molecule has 0 spiro atoms. The summed E-state index contributed by atoms with van der Waals surface area (Å²) in [6.45, 7) is 7.15. The molecule has 2 N–H and O–H groups in total. The zero-order valence-electron chi connectivity index (χ0n) is 14.1. The van der Waals surface area contributed by atoms with Crippen LogP contribution in [0.3, 0.4) is 0 Å². The van der Waals surface area contributed by atoms with Gasteiger partial charge in [0.1, 0.15) is 11.6 Å². The molecule has 6 nitrogen and oxygen atoms in total. The van der Waals surface area contributed by atoms with Crippen molar-refractivity contribution >= 4 is 16.9 Å². The van der Waals surface area contributed by atoms with Crippen LogP contribution in [0, 0.1) is 12.8 Å². The lowest BCUT2D eigenvalue weighted by atomic mass is 10.1. The number of aromatic nitrogens is 4. The first kappa shape index (κ1) is 15.2. The van der Waals surface area contributed by atoms with Crippen LogP contribution in [0.4, 0.5) is 5.82 Å². The molecule has 1 unspecified atom stereocenters. The Morgan fingerprint density at radius 2 is 2.21 bits per heavy atom. The summed E-state index contributed by atoms with van der Waals surface area (Å²) < 4.78 is 4.37. The summed E-state index contributed by atoms with van der Waals surface area (Å²) in [6.07, 6.45) is 2.96. The van der Waals surface area contributed by atoms with Gasteiger partial charge in [0.05, 0.1) is 17.2 Å². The van der Waals surface area contributed by atoms with Crippen molar-refractivity contribution in [3.8, 4) is 0 Å². The van der Waals surface area contributed by atoms with Crippen molar-refractivity contribution in [1.82, 2.24) is 24.6 Å². The largest absolute Gasteiger partial charge is 0.370 e. The molecule has 0 aliphatic carbocycles. The number of benzene rings is 1. The summed E-state index contributed by atoms with van der Waals surface area (Å²) in [7, 11) is 0. The van der Waals surface area contributed by atoms with Crippen molar-refractivity contribution in [2.24, 2.45) is 5.92 Å². The fourth-order valence-electron chi connectivity index (χ4n) is 3.47. The van der Waals surface area contributed by atoms with E-state index in [0.717, 1.165) is 56.3 Å². The van der Waals surface area contributed by atoms with Crippen LogP contribution in [-0.2, 0) is 13.1 Å². The molecule has 3 aromatic rings. The molecular weight excluding hydrogens is 300 g/mol. The van der Waals surface area contributed by atoms with Crippen molar-refractivity contribution in [2.75, 3.05) is 25.0 Å². The first-order chi connectivity index (χ1) is 11.8. The highest BCUT2D eigenvalue weighted by atomic mass is 15.3. The minimum Gasteiger partial charge on any atom is -0.370 e. The van der Waals surface area contributed by atoms with Gasteiger partial charge in [-0.1, -0.05) is 12.1 Å². The zero-order valence-corrected chi connectivity index (χ0v) is 14.1. The minimum atomic E-state index is 0.591. The first-order valence-corrected chi connectivity index (χ1v) is 8.69. The highest BCUT2D eigenvalue weighted by Gasteiger charge is 2.17. The molecule has 1 atom stereocenters. The monoisotopic (exact) mass is 324 g/mol. The average Bonchev–Trinajstić information content (AvgIpc) is 3.18. The maximum atomic E-state index is 4.63. The van der Waals surface area contributed by atoms with Crippen LogP contribution in [0.25, 0.3) is 11.0 Å². The van der Waals surface area contributed by atoms with E-state index in [0.29, 0.717) is 5.92 Å². The third-order valence-corrected chi connectivity index (χ3v) is 4.73. The van der Waals surface area contributed by atoms with E-state index in [1.54, 1.807) is 0 Å². The molecule has 0 amide bonds. The van der Waals surface area contributed by atoms with Crippen LogP contribution in [0.1, 0.15) is 12.2 Å². The van der Waals surface area contributed by atoms with E-state index in [2.05, 4.69) is 55.1 Å². The molecule has 0 radical (unpaired) electrons. The van der Waals surface area contributed by atoms with E-state index in [1.165, 1.54) is 5.52 Å². The SMILES string of the molecule is Cc1nc2ccccc2n1CCCNCC1CNc2ccnn2C1. The molecule has 0 saturated carbocycles. The number of nitrogens with one attached hydrogen (secondary N) is 2. The Hall–Kier alpha value is -2.34. The Balaban J connectivity index is 1.24. The second kappa shape index (κ2) is 6.65. The third-order valence-electron chi connectivity index (χ3n) is 4.73. The van der Waals surface area contributed by atoms with E-state index in [9.17, 15) is 0 Å². The second-order valence-electron chi connectivity index (χ2n) is 6.50. The van der Waals surface area contributed by atoms with Gasteiger partial charge in [-0.05, 0) is 32.0 Å². The highest BCUT2D eigenvalue weighted by molar-refractivity contribution is 5.75. The Bertz CT molecular complexity index is 818. The van der Waals surface area contributed by atoms with Gasteiger partial charge in [0.25, 0.3) is 0 Å². The Labute approximate surface area is 141 Å². The molecule has 24 heavy (non-hydrogen) atoms. The Kier molecular flexibility index (Phi) is 4.21. The van der Waals surface area contributed by atoms with Gasteiger partial charge in [-0.2, -0.15) is 5.10 Å². The number of hydrogen-bond acceptors (Lipinski definition) is 4. The quantitative estimate of drug-likeness (QED) is 0.683. The van der Waals surface area contributed by atoms with Crippen LogP contribution < -0.4 is 10.6 Å². The van der Waals surface area contributed by atoms with Crippen molar-refractivity contribution in [1.29, 1.82) is 0 Å². The molecule has 3 heterocycles. The van der Waals surface area contributed by atoms with Gasteiger partial charge in [0.2, 0.25) is 0 Å². The number of imidazole rings is 1. The number of rotatable bonds is 6. The molecule has 1 aliphatic rings. The number of hydrogen-bond donors (Lipinski definition) is 2. The fourth-order valence-corrected chi connectivity index (χ4v) is 3.47. The van der Waals surface area contributed by atoms with Crippen LogP contribution in [-0.4, -0.2) is 39.0 Å². The molecule has 126 valence electrons. The molecular formula is C18H24N6. The second-order valence-corrected chi connectivity index (χ2v) is 6.50. The van der Waals surface area contributed by atoms with Crippen molar-refractivity contribution in [3.63, 3.8) is 0 Å². The fraction of sp³-hybridized carbons (Fsp3) is 0.444. The number of anilines is 1. The van der Waals surface area contributed by atoms with E-state index < -0.39 is 0 Å². The van der Waals surface area contributed by atoms with E-state index in [4.69, 9.17) is 0 Å². The average molecular weight is 324 g/mol. The summed E-state index contributed by atoms with van der Waals surface area (Å²) in [5.74, 6) is 2.82. The predicted octanol–water partition coefficient (Wildman–Crippen LogP) is 2.26. The van der Waals surface area contributed by atoms with Gasteiger partial charge >= 0.3 is 0 Å². The van der Waals surface area contributed by atoms with Gasteiger partial charge in [-0.25, -0.2) is 9.67 Å². The van der Waals surface area contributed by atoms with Crippen LogP contribution >= 0.6 is 0 Å². The highest BCUT2D eigenvalue weighted by Crippen LogP contribution is 2.16.